The molecule has 27 heavy (non-hydrogen) atoms. The van der Waals surface area contributed by atoms with E-state index in [-0.39, 0.29) is 18.8 Å². The molecule has 1 saturated heterocycles. The van der Waals surface area contributed by atoms with E-state index in [9.17, 15) is 9.59 Å². The van der Waals surface area contributed by atoms with Crippen LogP contribution in [0.2, 0.25) is 0 Å². The molecule has 0 N–H and O–H groups in total. The molecule has 146 valence electrons. The van der Waals surface area contributed by atoms with Gasteiger partial charge < -0.3 is 9.47 Å². The summed E-state index contributed by atoms with van der Waals surface area (Å²) < 4.78 is 13.1. The molecule has 4 nitrogen and oxygen atoms in total. The van der Waals surface area contributed by atoms with Crippen molar-refractivity contribution in [2.75, 3.05) is 13.7 Å². The molecule has 2 atom stereocenters. The fourth-order valence-corrected chi connectivity index (χ4v) is 6.23. The van der Waals surface area contributed by atoms with Crippen molar-refractivity contribution in [2.45, 2.75) is 52.1 Å². The average Bonchev–Trinajstić information content (AvgIpc) is 2.61. The number of benzene rings is 1. The van der Waals surface area contributed by atoms with Crippen molar-refractivity contribution in [3.05, 3.63) is 37.3 Å². The van der Waals surface area contributed by atoms with E-state index in [1.165, 1.54) is 0 Å². The number of hydrogen-bond donors (Lipinski definition) is 0. The lowest BCUT2D eigenvalue weighted by Gasteiger charge is -2.53. The zero-order valence-corrected chi connectivity index (χ0v) is 19.4. The van der Waals surface area contributed by atoms with Crippen LogP contribution in [0.4, 0.5) is 0 Å². The van der Waals surface area contributed by atoms with E-state index >= 15 is 0 Å². The summed E-state index contributed by atoms with van der Waals surface area (Å²) in [5, 5.41) is 0. The molecule has 2 aliphatic rings. The van der Waals surface area contributed by atoms with Gasteiger partial charge in [0, 0.05) is 38.9 Å². The number of cyclic esters (lactones) is 1. The lowest BCUT2D eigenvalue weighted by Crippen LogP contribution is -2.55. The smallest absolute Gasteiger partial charge is 0.335 e. The quantitative estimate of drug-likeness (QED) is 0.538. The van der Waals surface area contributed by atoms with Crippen molar-refractivity contribution in [1.82, 2.24) is 0 Å². The maximum atomic E-state index is 12.9. The SMILES string of the molecule is CCc1c(Br)cc2c(c1Br)C=C1C(=O)OCC(=O)C[C@H](OC)[C@@]1(C)C2(C)C. The van der Waals surface area contributed by atoms with Crippen LogP contribution >= 0.6 is 31.9 Å². The van der Waals surface area contributed by atoms with E-state index in [0.717, 1.165) is 32.1 Å². The number of methoxy groups -OCH3 is 1. The third-order valence-electron chi connectivity index (χ3n) is 6.45. The van der Waals surface area contributed by atoms with Gasteiger partial charge in [0.05, 0.1) is 6.10 Å². The van der Waals surface area contributed by atoms with Crippen LogP contribution in [0.1, 0.15) is 50.8 Å². The van der Waals surface area contributed by atoms with Crippen molar-refractivity contribution in [1.29, 1.82) is 0 Å². The number of Topliss-reactive ketones (excluding diaryl/α,β-unsaturated/α-hetero) is 1. The van der Waals surface area contributed by atoms with Gasteiger partial charge in [-0.15, -0.1) is 0 Å². The van der Waals surface area contributed by atoms with Gasteiger partial charge >= 0.3 is 5.97 Å². The number of hydrogen-bond acceptors (Lipinski definition) is 4. The molecule has 0 amide bonds. The van der Waals surface area contributed by atoms with Crippen LogP contribution < -0.4 is 0 Å². The lowest BCUT2D eigenvalue weighted by atomic mass is 9.53. The summed E-state index contributed by atoms with van der Waals surface area (Å²) in [6.07, 6.45) is 2.57. The number of ketones is 1. The molecule has 3 rings (SSSR count). The van der Waals surface area contributed by atoms with Gasteiger partial charge in [0.15, 0.2) is 5.78 Å². The van der Waals surface area contributed by atoms with Gasteiger partial charge in [-0.05, 0) is 51.2 Å². The Kier molecular flexibility index (Phi) is 5.47. The van der Waals surface area contributed by atoms with E-state index in [0.29, 0.717) is 5.57 Å². The molecule has 0 saturated carbocycles. The molecule has 1 aliphatic heterocycles. The Morgan fingerprint density at radius 1 is 1.26 bits per heavy atom. The van der Waals surface area contributed by atoms with Crippen molar-refractivity contribution in [2.24, 2.45) is 5.41 Å². The summed E-state index contributed by atoms with van der Waals surface area (Å²) in [5.74, 6) is -0.569. The molecule has 0 unspecified atom stereocenters. The van der Waals surface area contributed by atoms with Crippen LogP contribution in [0, 0.1) is 5.41 Å². The highest BCUT2D eigenvalue weighted by Crippen LogP contribution is 2.57. The zero-order valence-electron chi connectivity index (χ0n) is 16.2. The zero-order chi connectivity index (χ0) is 20.1. The van der Waals surface area contributed by atoms with Crippen molar-refractivity contribution in [3.63, 3.8) is 0 Å². The molecule has 6 heteroatoms. The molecule has 0 spiro atoms. The predicted molar refractivity (Wildman–Crippen MR) is 112 cm³/mol. The second-order valence-corrected chi connectivity index (χ2v) is 9.54. The van der Waals surface area contributed by atoms with Crippen LogP contribution in [0.15, 0.2) is 20.6 Å². The lowest BCUT2D eigenvalue weighted by molar-refractivity contribution is -0.152. The van der Waals surface area contributed by atoms with Crippen LogP contribution in [0.5, 0.6) is 0 Å². The molecule has 1 aliphatic carbocycles. The van der Waals surface area contributed by atoms with Crippen molar-refractivity contribution < 1.29 is 19.1 Å². The summed E-state index contributed by atoms with van der Waals surface area (Å²) >= 11 is 7.45. The molecule has 1 aromatic rings. The number of carbonyl (C=O) groups is 2. The summed E-state index contributed by atoms with van der Waals surface area (Å²) in [4.78, 5) is 25.1. The minimum Gasteiger partial charge on any atom is -0.454 e. The standard InChI is InChI=1S/C21H24Br2O4/c1-6-12-16(22)9-14-13(18(12)23)8-15-19(25)27-10-11(24)7-17(26-5)21(15,4)20(14,2)3/h8-9,17H,6-7,10H2,1-5H3/t17-,21-/m0/s1. The third kappa shape index (κ3) is 2.95. The Bertz CT molecular complexity index is 856. The Labute approximate surface area is 176 Å². The second-order valence-electron chi connectivity index (χ2n) is 7.89. The van der Waals surface area contributed by atoms with Crippen LogP contribution in [-0.2, 0) is 30.9 Å². The van der Waals surface area contributed by atoms with Crippen molar-refractivity contribution >= 4 is 49.7 Å². The highest BCUT2D eigenvalue weighted by Gasteiger charge is 2.57. The van der Waals surface area contributed by atoms with E-state index < -0.39 is 22.9 Å². The number of carbonyl (C=O) groups excluding carboxylic acids is 2. The third-order valence-corrected chi connectivity index (χ3v) is 8.06. The summed E-state index contributed by atoms with van der Waals surface area (Å²) in [6, 6.07) is 2.14. The molecule has 1 fully saturated rings. The predicted octanol–water partition coefficient (Wildman–Crippen LogP) is 4.99. The van der Waals surface area contributed by atoms with E-state index in [1.807, 2.05) is 13.0 Å². The largest absolute Gasteiger partial charge is 0.454 e. The number of esters is 1. The number of rotatable bonds is 2. The van der Waals surface area contributed by atoms with Crippen LogP contribution in [-0.4, -0.2) is 31.6 Å². The van der Waals surface area contributed by atoms with E-state index in [1.54, 1.807) is 7.11 Å². The fourth-order valence-electron chi connectivity index (χ4n) is 4.43. The summed E-state index contributed by atoms with van der Waals surface area (Å²) in [7, 11) is 1.60. The maximum absolute atomic E-state index is 12.9. The Hall–Kier alpha value is -0.980. The van der Waals surface area contributed by atoms with E-state index in [2.05, 4.69) is 58.7 Å². The van der Waals surface area contributed by atoms with Gasteiger partial charge in [0.2, 0.25) is 0 Å². The van der Waals surface area contributed by atoms with Crippen LogP contribution in [0.25, 0.3) is 6.08 Å². The molecular weight excluding hydrogens is 476 g/mol. The first-order valence-electron chi connectivity index (χ1n) is 9.04. The minimum absolute atomic E-state index is 0.124. The van der Waals surface area contributed by atoms with Gasteiger partial charge in [0.1, 0.15) is 6.61 Å². The second kappa shape index (κ2) is 7.12. The van der Waals surface area contributed by atoms with Crippen LogP contribution in [0.3, 0.4) is 0 Å². The molecule has 0 radical (unpaired) electrons. The van der Waals surface area contributed by atoms with Crippen molar-refractivity contribution in [3.8, 4) is 0 Å². The molecule has 0 aromatic heterocycles. The minimum atomic E-state index is -0.714. The highest BCUT2D eigenvalue weighted by atomic mass is 79.9. The summed E-state index contributed by atoms with van der Waals surface area (Å²) in [5.41, 5.74) is 2.63. The molecule has 1 heterocycles. The van der Waals surface area contributed by atoms with Gasteiger partial charge in [-0.1, -0.05) is 43.6 Å². The first kappa shape index (κ1) is 20.7. The maximum Gasteiger partial charge on any atom is 0.335 e. The Balaban J connectivity index is 2.37. The van der Waals surface area contributed by atoms with Gasteiger partial charge in [-0.25, -0.2) is 4.79 Å². The average molecular weight is 500 g/mol. The number of halogens is 2. The fraction of sp³-hybridized carbons (Fsp3) is 0.524. The molecule has 1 aromatic carbocycles. The summed E-state index contributed by atoms with van der Waals surface area (Å²) in [6.45, 7) is 8.11. The monoisotopic (exact) mass is 498 g/mol. The van der Waals surface area contributed by atoms with E-state index in [4.69, 9.17) is 9.47 Å². The Morgan fingerprint density at radius 2 is 1.93 bits per heavy atom. The van der Waals surface area contributed by atoms with Gasteiger partial charge in [-0.2, -0.15) is 0 Å². The molecular formula is C21H24Br2O4. The molecule has 0 bridgehead atoms. The number of fused-ring (bicyclic) bond motifs is 2. The topological polar surface area (TPSA) is 52.6 Å². The first-order chi connectivity index (χ1) is 12.6. The first-order valence-corrected chi connectivity index (χ1v) is 10.6. The normalized spacial score (nSPS) is 27.1. The van der Waals surface area contributed by atoms with Gasteiger partial charge in [-0.3, -0.25) is 4.79 Å². The highest BCUT2D eigenvalue weighted by molar-refractivity contribution is 9.11. The Morgan fingerprint density at radius 3 is 2.52 bits per heavy atom. The van der Waals surface area contributed by atoms with Gasteiger partial charge in [0.25, 0.3) is 0 Å². The number of ether oxygens (including phenoxy) is 2.